The van der Waals surface area contributed by atoms with E-state index in [9.17, 15) is 9.59 Å². The maximum absolute atomic E-state index is 11.3. The Balaban J connectivity index is 2.18. The number of allylic oxidation sites excluding steroid dienone is 1. The molecule has 0 atom stereocenters. The Morgan fingerprint density at radius 2 is 2.06 bits per heavy atom. The molecule has 0 spiro atoms. The Labute approximate surface area is 101 Å². The van der Waals surface area contributed by atoms with E-state index in [1.54, 1.807) is 0 Å². The number of carbonyl (C=O) groups is 2. The molecule has 0 aromatic carbocycles. The van der Waals surface area contributed by atoms with Crippen LogP contribution in [0.25, 0.3) is 0 Å². The molecule has 0 saturated heterocycles. The molecule has 0 aliphatic heterocycles. The molecule has 0 heterocycles. The number of nitrogens with one attached hydrogen (secondary N) is 1. The van der Waals surface area contributed by atoms with E-state index >= 15 is 0 Å². The third-order valence-electron chi connectivity index (χ3n) is 2.36. The monoisotopic (exact) mass is 241 g/mol. The molecule has 0 bridgehead atoms. The van der Waals surface area contributed by atoms with Gasteiger partial charge in [0, 0.05) is 12.6 Å². The number of rotatable bonds is 3. The Hall–Kier alpha value is -1.52. The van der Waals surface area contributed by atoms with Crippen molar-refractivity contribution in [3.8, 4) is 0 Å². The summed E-state index contributed by atoms with van der Waals surface area (Å²) in [4.78, 5) is 21.7. The minimum absolute atomic E-state index is 0.327. The number of aliphatic carboxylic acids is 1. The van der Waals surface area contributed by atoms with Crippen molar-refractivity contribution in [2.24, 2.45) is 5.92 Å². The minimum atomic E-state index is -0.904. The largest absolute Gasteiger partial charge is 0.478 e. The van der Waals surface area contributed by atoms with E-state index in [-0.39, 0.29) is 0 Å². The van der Waals surface area contributed by atoms with E-state index in [2.05, 4.69) is 5.32 Å². The van der Waals surface area contributed by atoms with Gasteiger partial charge in [-0.2, -0.15) is 0 Å². The predicted octanol–water partition coefficient (Wildman–Crippen LogP) is 1.93. The maximum atomic E-state index is 11.3. The predicted molar refractivity (Wildman–Crippen MR) is 62.7 cm³/mol. The van der Waals surface area contributed by atoms with E-state index in [0.717, 1.165) is 18.4 Å². The normalized spacial score (nSPS) is 19.2. The second-order valence-electron chi connectivity index (χ2n) is 5.30. The van der Waals surface area contributed by atoms with Crippen LogP contribution in [0.3, 0.4) is 0 Å². The fraction of sp³-hybridized carbons (Fsp3) is 0.667. The first-order chi connectivity index (χ1) is 7.76. The Bertz CT molecular complexity index is 333. The van der Waals surface area contributed by atoms with Gasteiger partial charge < -0.3 is 15.2 Å². The van der Waals surface area contributed by atoms with E-state index in [4.69, 9.17) is 9.84 Å². The Morgan fingerprint density at radius 1 is 1.47 bits per heavy atom. The van der Waals surface area contributed by atoms with Crippen LogP contribution in [0, 0.1) is 5.92 Å². The molecule has 2 N–H and O–H groups in total. The SMILES string of the molecule is CC(C)(C)OC(=O)NCC1CC(=CC(=O)O)C1. The molecule has 0 aromatic rings. The molecule has 0 aromatic heterocycles. The van der Waals surface area contributed by atoms with Crippen LogP contribution in [-0.2, 0) is 9.53 Å². The van der Waals surface area contributed by atoms with Crippen LogP contribution in [0.5, 0.6) is 0 Å². The molecular formula is C12H19NO4. The van der Waals surface area contributed by atoms with Gasteiger partial charge in [-0.05, 0) is 39.5 Å². The highest BCUT2D eigenvalue weighted by Crippen LogP contribution is 2.32. The summed E-state index contributed by atoms with van der Waals surface area (Å²) in [6, 6.07) is 0. The van der Waals surface area contributed by atoms with Crippen molar-refractivity contribution in [1.82, 2.24) is 5.32 Å². The van der Waals surface area contributed by atoms with Crippen LogP contribution in [0.1, 0.15) is 33.6 Å². The minimum Gasteiger partial charge on any atom is -0.478 e. The second kappa shape index (κ2) is 5.21. The van der Waals surface area contributed by atoms with Gasteiger partial charge in [-0.25, -0.2) is 9.59 Å². The van der Waals surface area contributed by atoms with Crippen molar-refractivity contribution in [1.29, 1.82) is 0 Å². The average Bonchev–Trinajstić information content (AvgIpc) is 2.04. The highest BCUT2D eigenvalue weighted by atomic mass is 16.6. The number of carbonyl (C=O) groups excluding carboxylic acids is 1. The van der Waals surface area contributed by atoms with Crippen LogP contribution in [0.2, 0.25) is 0 Å². The molecule has 1 rings (SSSR count). The smallest absolute Gasteiger partial charge is 0.407 e. The van der Waals surface area contributed by atoms with Crippen LogP contribution in [0.15, 0.2) is 11.6 Å². The van der Waals surface area contributed by atoms with E-state index in [1.165, 1.54) is 6.08 Å². The van der Waals surface area contributed by atoms with Gasteiger partial charge in [0.1, 0.15) is 5.60 Å². The molecule has 0 radical (unpaired) electrons. The van der Waals surface area contributed by atoms with Crippen LogP contribution in [0.4, 0.5) is 4.79 Å². The summed E-state index contributed by atoms with van der Waals surface area (Å²) in [5.41, 5.74) is 0.436. The topological polar surface area (TPSA) is 75.6 Å². The van der Waals surface area contributed by atoms with Gasteiger partial charge in [-0.15, -0.1) is 0 Å². The van der Waals surface area contributed by atoms with Crippen LogP contribution in [-0.4, -0.2) is 29.3 Å². The molecule has 1 saturated carbocycles. The van der Waals surface area contributed by atoms with Crippen molar-refractivity contribution in [2.45, 2.75) is 39.2 Å². The van der Waals surface area contributed by atoms with E-state index in [0.29, 0.717) is 12.5 Å². The number of hydrogen-bond acceptors (Lipinski definition) is 3. The van der Waals surface area contributed by atoms with Gasteiger partial charge in [0.2, 0.25) is 0 Å². The number of carboxylic acid groups (broad SMARTS) is 1. The number of alkyl carbamates (subject to hydrolysis) is 1. The number of hydrogen-bond donors (Lipinski definition) is 2. The van der Waals surface area contributed by atoms with Gasteiger partial charge in [0.25, 0.3) is 0 Å². The molecular weight excluding hydrogens is 222 g/mol. The molecule has 17 heavy (non-hydrogen) atoms. The third kappa shape index (κ3) is 5.38. The first-order valence-electron chi connectivity index (χ1n) is 5.65. The lowest BCUT2D eigenvalue weighted by Crippen LogP contribution is -2.37. The zero-order valence-corrected chi connectivity index (χ0v) is 10.4. The van der Waals surface area contributed by atoms with Crippen LogP contribution < -0.4 is 5.32 Å². The first kappa shape index (κ1) is 13.5. The van der Waals surface area contributed by atoms with E-state index < -0.39 is 17.7 Å². The van der Waals surface area contributed by atoms with Gasteiger partial charge >= 0.3 is 12.1 Å². The fourth-order valence-corrected chi connectivity index (χ4v) is 1.66. The lowest BCUT2D eigenvalue weighted by molar-refractivity contribution is -0.131. The Morgan fingerprint density at radius 3 is 2.53 bits per heavy atom. The average molecular weight is 241 g/mol. The summed E-state index contributed by atoms with van der Waals surface area (Å²) < 4.78 is 5.09. The lowest BCUT2D eigenvalue weighted by atomic mass is 9.80. The molecule has 0 unspecified atom stereocenters. The molecule has 1 fully saturated rings. The zero-order valence-electron chi connectivity index (χ0n) is 10.4. The number of ether oxygens (including phenoxy) is 1. The lowest BCUT2D eigenvalue weighted by Gasteiger charge is -2.29. The number of amides is 1. The van der Waals surface area contributed by atoms with Gasteiger partial charge in [0.15, 0.2) is 0 Å². The highest BCUT2D eigenvalue weighted by Gasteiger charge is 2.25. The number of carboxylic acids is 1. The van der Waals surface area contributed by atoms with Crippen molar-refractivity contribution in [2.75, 3.05) is 6.54 Å². The highest BCUT2D eigenvalue weighted by molar-refractivity contribution is 5.81. The van der Waals surface area contributed by atoms with Crippen molar-refractivity contribution in [3.05, 3.63) is 11.6 Å². The van der Waals surface area contributed by atoms with Crippen molar-refractivity contribution < 1.29 is 19.4 Å². The summed E-state index contributed by atoms with van der Waals surface area (Å²) in [6.45, 7) is 5.96. The van der Waals surface area contributed by atoms with Gasteiger partial charge in [-0.1, -0.05) is 5.57 Å². The molecule has 1 amide bonds. The quantitative estimate of drug-likeness (QED) is 0.740. The van der Waals surface area contributed by atoms with E-state index in [1.807, 2.05) is 20.8 Å². The van der Waals surface area contributed by atoms with Crippen molar-refractivity contribution in [3.63, 3.8) is 0 Å². The second-order valence-corrected chi connectivity index (χ2v) is 5.30. The van der Waals surface area contributed by atoms with Gasteiger partial charge in [-0.3, -0.25) is 0 Å². The maximum Gasteiger partial charge on any atom is 0.407 e. The summed E-state index contributed by atoms with van der Waals surface area (Å²) in [5.74, 6) is -0.577. The van der Waals surface area contributed by atoms with Crippen LogP contribution >= 0.6 is 0 Å². The van der Waals surface area contributed by atoms with Gasteiger partial charge in [0.05, 0.1) is 0 Å². The summed E-state index contributed by atoms with van der Waals surface area (Å²) >= 11 is 0. The standard InChI is InChI=1S/C12H19NO4/c1-12(2,3)17-11(16)13-7-9-4-8(5-9)6-10(14)15/h6,9H,4-5,7H2,1-3H3,(H,13,16)(H,14,15). The summed E-state index contributed by atoms with van der Waals surface area (Å²) in [7, 11) is 0. The van der Waals surface area contributed by atoms with Crippen molar-refractivity contribution >= 4 is 12.1 Å². The molecule has 1 aliphatic carbocycles. The Kier molecular flexibility index (Phi) is 4.15. The summed E-state index contributed by atoms with van der Waals surface area (Å²) in [6.07, 6.45) is 2.29. The zero-order chi connectivity index (χ0) is 13.1. The summed E-state index contributed by atoms with van der Waals surface area (Å²) in [5, 5.41) is 11.2. The molecule has 96 valence electrons. The third-order valence-corrected chi connectivity index (χ3v) is 2.36. The first-order valence-corrected chi connectivity index (χ1v) is 5.65. The molecule has 5 heteroatoms. The molecule has 1 aliphatic rings. The fourth-order valence-electron chi connectivity index (χ4n) is 1.66. The molecule has 5 nitrogen and oxygen atoms in total.